The summed E-state index contributed by atoms with van der Waals surface area (Å²) in [6.45, 7) is 0.180. The third-order valence-electron chi connectivity index (χ3n) is 7.95. The lowest BCUT2D eigenvalue weighted by Crippen LogP contribution is -2.60. The van der Waals surface area contributed by atoms with Crippen LogP contribution in [0.1, 0.15) is 49.7 Å². The lowest BCUT2D eigenvalue weighted by atomic mass is 9.46. The van der Waals surface area contributed by atoms with Crippen molar-refractivity contribution in [1.82, 2.24) is 24.5 Å². The molecule has 2 aromatic heterocycles. The van der Waals surface area contributed by atoms with Crippen molar-refractivity contribution < 1.29 is 18.0 Å². The third kappa shape index (κ3) is 4.07. The number of benzene rings is 1. The molecule has 2 heterocycles. The van der Waals surface area contributed by atoms with Crippen molar-refractivity contribution in [3.8, 4) is 0 Å². The zero-order chi connectivity index (χ0) is 24.4. The van der Waals surface area contributed by atoms with Gasteiger partial charge in [-0.3, -0.25) is 9.48 Å². The molecule has 11 heteroatoms. The van der Waals surface area contributed by atoms with Gasteiger partial charge >= 0.3 is 6.18 Å². The minimum absolute atomic E-state index is 0.00576. The first-order valence-electron chi connectivity index (χ1n) is 11.7. The summed E-state index contributed by atoms with van der Waals surface area (Å²) in [5, 5.41) is 11.9. The number of hydrogen-bond donors (Lipinski definition) is 1. The predicted molar refractivity (Wildman–Crippen MR) is 124 cm³/mol. The van der Waals surface area contributed by atoms with Crippen molar-refractivity contribution in [3.05, 3.63) is 58.8 Å². The summed E-state index contributed by atoms with van der Waals surface area (Å²) >= 11 is 3.35. The van der Waals surface area contributed by atoms with Gasteiger partial charge in [0.2, 0.25) is 10.6 Å². The smallest absolute Gasteiger partial charge is 0.323 e. The molecule has 35 heavy (non-hydrogen) atoms. The maximum atomic E-state index is 13.6. The summed E-state index contributed by atoms with van der Waals surface area (Å²) < 4.78 is 43.1. The lowest BCUT2D eigenvalue weighted by molar-refractivity contribution is -0.150. The van der Waals surface area contributed by atoms with Crippen LogP contribution < -0.4 is 5.32 Å². The molecule has 0 saturated heterocycles. The molecule has 0 spiro atoms. The minimum atomic E-state index is -4.39. The molecule has 2 unspecified atom stereocenters. The van der Waals surface area contributed by atoms with Gasteiger partial charge in [-0.1, -0.05) is 12.1 Å². The first-order valence-corrected chi connectivity index (χ1v) is 12.5. The fraction of sp³-hybridized carbons (Fsp3) is 0.500. The van der Waals surface area contributed by atoms with Crippen LogP contribution in [0.15, 0.2) is 47.7 Å². The summed E-state index contributed by atoms with van der Waals surface area (Å²) in [6.07, 6.45) is 6.24. The Morgan fingerprint density at radius 1 is 1.20 bits per heavy atom. The second kappa shape index (κ2) is 7.91. The van der Waals surface area contributed by atoms with Crippen LogP contribution in [-0.2, 0) is 23.1 Å². The van der Waals surface area contributed by atoms with Gasteiger partial charge in [0, 0.05) is 6.20 Å². The van der Waals surface area contributed by atoms with Gasteiger partial charge in [0.1, 0.15) is 6.33 Å². The van der Waals surface area contributed by atoms with E-state index in [1.54, 1.807) is 29.5 Å². The van der Waals surface area contributed by atoms with Crippen molar-refractivity contribution >= 4 is 27.5 Å². The number of halogens is 4. The molecule has 4 fully saturated rings. The average Bonchev–Trinajstić information content (AvgIpc) is 3.41. The maximum absolute atomic E-state index is 13.6. The Balaban J connectivity index is 1.19. The number of carbonyl (C=O) groups is 1. The fourth-order valence-corrected chi connectivity index (χ4v) is 7.29. The van der Waals surface area contributed by atoms with Gasteiger partial charge in [-0.25, -0.2) is 9.67 Å². The van der Waals surface area contributed by atoms with Gasteiger partial charge in [-0.15, -0.1) is 5.10 Å². The number of hydrogen-bond acceptors (Lipinski definition) is 4. The van der Waals surface area contributed by atoms with Crippen LogP contribution in [0.5, 0.6) is 0 Å². The topological polar surface area (TPSA) is 77.6 Å². The van der Waals surface area contributed by atoms with E-state index in [9.17, 15) is 18.0 Å². The Kier molecular flexibility index (Phi) is 5.14. The number of alkyl halides is 3. The lowest BCUT2D eigenvalue weighted by Gasteiger charge is -2.60. The summed E-state index contributed by atoms with van der Waals surface area (Å²) in [4.78, 5) is 17.9. The first-order chi connectivity index (χ1) is 16.6. The molecular weight excluding hydrogens is 525 g/mol. The van der Waals surface area contributed by atoms with Crippen molar-refractivity contribution in [3.63, 3.8) is 0 Å². The SMILES string of the molecule is O=C(Nc1cnn(Cc2cccc(C(F)(F)F)c2)c1)C12CC3CC(C1)CC(n1cnc(Br)n1)(C3)C2. The van der Waals surface area contributed by atoms with Gasteiger partial charge in [-0.2, -0.15) is 18.3 Å². The summed E-state index contributed by atoms with van der Waals surface area (Å²) in [6, 6.07) is 5.19. The van der Waals surface area contributed by atoms with Gasteiger partial charge < -0.3 is 5.32 Å². The molecule has 3 aromatic rings. The fourth-order valence-electron chi connectivity index (χ4n) is 7.03. The van der Waals surface area contributed by atoms with Crippen LogP contribution in [0.2, 0.25) is 0 Å². The molecule has 2 atom stereocenters. The van der Waals surface area contributed by atoms with Crippen LogP contribution in [0.25, 0.3) is 0 Å². The van der Waals surface area contributed by atoms with Crippen molar-refractivity contribution in [2.75, 3.05) is 5.32 Å². The first kappa shape index (κ1) is 22.8. The predicted octanol–water partition coefficient (Wildman–Crippen LogP) is 5.24. The monoisotopic (exact) mass is 548 g/mol. The molecule has 184 valence electrons. The quantitative estimate of drug-likeness (QED) is 0.473. The molecule has 7 rings (SSSR count). The number of nitrogens with one attached hydrogen (secondary N) is 1. The second-order valence-electron chi connectivity index (χ2n) is 10.5. The van der Waals surface area contributed by atoms with E-state index in [0.717, 1.165) is 50.7 Å². The van der Waals surface area contributed by atoms with Crippen LogP contribution in [0.4, 0.5) is 18.9 Å². The molecule has 1 amide bonds. The third-order valence-corrected chi connectivity index (χ3v) is 8.32. The van der Waals surface area contributed by atoms with Gasteiger partial charge in [0.15, 0.2) is 0 Å². The Bertz CT molecular complexity index is 1270. The molecule has 4 aliphatic rings. The van der Waals surface area contributed by atoms with Gasteiger partial charge in [0.25, 0.3) is 0 Å². The number of nitrogens with zero attached hydrogens (tertiary/aromatic N) is 5. The maximum Gasteiger partial charge on any atom is 0.416 e. The van der Waals surface area contributed by atoms with E-state index in [1.165, 1.54) is 6.07 Å². The number of carbonyl (C=O) groups excluding carboxylic acids is 1. The molecule has 7 nitrogen and oxygen atoms in total. The Morgan fingerprint density at radius 3 is 2.66 bits per heavy atom. The van der Waals surface area contributed by atoms with Crippen LogP contribution in [-0.4, -0.2) is 30.5 Å². The Morgan fingerprint density at radius 2 is 1.97 bits per heavy atom. The highest BCUT2D eigenvalue weighted by atomic mass is 79.9. The summed E-state index contributed by atoms with van der Waals surface area (Å²) in [5.74, 6) is 0.955. The number of aromatic nitrogens is 5. The molecule has 4 bridgehead atoms. The number of anilines is 1. The van der Waals surface area contributed by atoms with E-state index in [0.29, 0.717) is 27.8 Å². The largest absolute Gasteiger partial charge is 0.416 e. The van der Waals surface area contributed by atoms with Gasteiger partial charge in [-0.05, 0) is 84.0 Å². The zero-order valence-electron chi connectivity index (χ0n) is 18.8. The molecule has 0 radical (unpaired) electrons. The van der Waals surface area contributed by atoms with Gasteiger partial charge in [0.05, 0.1) is 34.9 Å². The van der Waals surface area contributed by atoms with Crippen molar-refractivity contribution in [2.24, 2.45) is 17.3 Å². The molecule has 0 aliphatic heterocycles. The minimum Gasteiger partial charge on any atom is -0.323 e. The highest BCUT2D eigenvalue weighted by Gasteiger charge is 2.61. The van der Waals surface area contributed by atoms with E-state index in [-0.39, 0.29) is 18.0 Å². The van der Waals surface area contributed by atoms with Crippen LogP contribution in [0, 0.1) is 17.3 Å². The number of amides is 1. The van der Waals surface area contributed by atoms with E-state index in [1.807, 2.05) is 4.68 Å². The van der Waals surface area contributed by atoms with Crippen molar-refractivity contribution in [2.45, 2.75) is 56.8 Å². The number of rotatable bonds is 5. The van der Waals surface area contributed by atoms with E-state index in [2.05, 4.69) is 36.4 Å². The highest BCUT2D eigenvalue weighted by molar-refractivity contribution is 9.10. The zero-order valence-corrected chi connectivity index (χ0v) is 20.4. The van der Waals surface area contributed by atoms with Crippen molar-refractivity contribution in [1.29, 1.82) is 0 Å². The van der Waals surface area contributed by atoms with E-state index in [4.69, 9.17) is 0 Å². The average molecular weight is 549 g/mol. The van der Waals surface area contributed by atoms with E-state index >= 15 is 0 Å². The highest BCUT2D eigenvalue weighted by Crippen LogP contribution is 2.64. The molecule has 1 N–H and O–H groups in total. The summed E-state index contributed by atoms with van der Waals surface area (Å²) in [5.41, 5.74) is -0.302. The van der Waals surface area contributed by atoms with E-state index < -0.39 is 17.2 Å². The molecular formula is C24H24BrF3N6O. The second-order valence-corrected chi connectivity index (χ2v) is 11.2. The molecule has 1 aromatic carbocycles. The Labute approximate surface area is 208 Å². The summed E-state index contributed by atoms with van der Waals surface area (Å²) in [7, 11) is 0. The normalized spacial score (nSPS) is 29.5. The Hall–Kier alpha value is -2.69. The molecule has 4 aliphatic carbocycles. The standard InChI is InChI=1S/C24H24BrF3N6O/c25-21-29-14-34(32-21)23-8-16-4-17(9-23)7-22(6-16,13-23)20(35)31-19-10-30-33(12-19)11-15-2-1-3-18(5-15)24(26,27)28/h1-3,5,10,12,14,16-17H,4,6-9,11,13H2,(H,31,35). The van der Waals surface area contributed by atoms with Crippen LogP contribution in [0.3, 0.4) is 0 Å². The molecule has 4 saturated carbocycles. The van der Waals surface area contributed by atoms with Crippen LogP contribution >= 0.6 is 15.9 Å².